The molecule has 1 aromatic rings. The van der Waals surface area contributed by atoms with E-state index < -0.39 is 5.51 Å². The Morgan fingerprint density at radius 1 is 1.35 bits per heavy atom. The molecule has 0 bridgehead atoms. The van der Waals surface area contributed by atoms with Crippen LogP contribution in [0.1, 0.15) is 17.0 Å². The van der Waals surface area contributed by atoms with Gasteiger partial charge in [0.1, 0.15) is 0 Å². The van der Waals surface area contributed by atoms with Gasteiger partial charge in [-0.15, -0.1) is 0 Å². The van der Waals surface area contributed by atoms with Gasteiger partial charge >= 0.3 is 5.51 Å². The number of aryl methyl sites for hydroxylation is 2. The van der Waals surface area contributed by atoms with Crippen LogP contribution >= 0.6 is 11.8 Å². The fraction of sp³-hybridized carbons (Fsp3) is 0.700. The highest BCUT2D eigenvalue weighted by Crippen LogP contribution is 2.30. The van der Waals surface area contributed by atoms with Crippen molar-refractivity contribution in [2.45, 2.75) is 32.3 Å². The first-order valence-electron chi connectivity index (χ1n) is 5.28. The van der Waals surface area contributed by atoms with Crippen molar-refractivity contribution in [1.29, 1.82) is 0 Å². The summed E-state index contributed by atoms with van der Waals surface area (Å²) in [6.45, 7) is 4.50. The van der Waals surface area contributed by atoms with Crippen molar-refractivity contribution in [3.63, 3.8) is 0 Å². The Hall–Kier alpha value is -0.690. The minimum atomic E-state index is -4.17. The molecule has 0 aromatic carbocycles. The van der Waals surface area contributed by atoms with Crippen molar-refractivity contribution in [2.24, 2.45) is 5.73 Å². The van der Waals surface area contributed by atoms with Crippen LogP contribution in [0.3, 0.4) is 0 Å². The number of thioether (sulfide) groups is 1. The Balaban J connectivity index is 2.63. The fourth-order valence-corrected chi connectivity index (χ4v) is 2.20. The van der Waals surface area contributed by atoms with Gasteiger partial charge in [0, 0.05) is 11.4 Å². The van der Waals surface area contributed by atoms with Gasteiger partial charge in [-0.25, -0.2) is 0 Å². The quantitative estimate of drug-likeness (QED) is 0.890. The molecule has 0 saturated heterocycles. The highest BCUT2D eigenvalue weighted by atomic mass is 32.2. The second kappa shape index (κ2) is 5.77. The van der Waals surface area contributed by atoms with E-state index in [1.807, 2.05) is 13.8 Å². The molecule has 2 N–H and O–H groups in total. The molecule has 1 heterocycles. The lowest BCUT2D eigenvalue weighted by Gasteiger charge is -2.07. The van der Waals surface area contributed by atoms with Crippen LogP contribution in [0, 0.1) is 13.8 Å². The average Bonchev–Trinajstić information content (AvgIpc) is 2.45. The van der Waals surface area contributed by atoms with Crippen LogP contribution in [0.15, 0.2) is 0 Å². The van der Waals surface area contributed by atoms with Crippen LogP contribution in [0.2, 0.25) is 0 Å². The third-order valence-electron chi connectivity index (χ3n) is 2.49. The minimum absolute atomic E-state index is 0.0199. The molecule has 0 aliphatic rings. The summed E-state index contributed by atoms with van der Waals surface area (Å²) < 4.78 is 37.6. The molecule has 1 aromatic heterocycles. The highest BCUT2D eigenvalue weighted by molar-refractivity contribution is 8.00. The average molecular weight is 267 g/mol. The Morgan fingerprint density at radius 3 is 2.53 bits per heavy atom. The van der Waals surface area contributed by atoms with Gasteiger partial charge in [-0.1, -0.05) is 0 Å². The molecule has 0 aliphatic carbocycles. The number of hydrogen-bond donors (Lipinski definition) is 1. The minimum Gasteiger partial charge on any atom is -0.330 e. The monoisotopic (exact) mass is 267 g/mol. The summed E-state index contributed by atoms with van der Waals surface area (Å²) in [4.78, 5) is 0. The normalized spacial score (nSPS) is 12.1. The molecule has 17 heavy (non-hydrogen) atoms. The zero-order valence-corrected chi connectivity index (χ0v) is 10.7. The van der Waals surface area contributed by atoms with Crippen molar-refractivity contribution in [2.75, 3.05) is 12.3 Å². The lowest BCUT2D eigenvalue weighted by molar-refractivity contribution is -0.0328. The molecule has 0 amide bonds. The van der Waals surface area contributed by atoms with Crippen LogP contribution in [0.5, 0.6) is 0 Å². The molecule has 0 radical (unpaired) electrons. The van der Waals surface area contributed by atoms with Gasteiger partial charge < -0.3 is 5.73 Å². The molecular formula is C10H16F3N3S. The largest absolute Gasteiger partial charge is 0.441 e. The fourth-order valence-electron chi connectivity index (χ4n) is 1.71. The van der Waals surface area contributed by atoms with Crippen molar-refractivity contribution in [3.05, 3.63) is 17.0 Å². The second-order valence-electron chi connectivity index (χ2n) is 3.71. The van der Waals surface area contributed by atoms with Crippen molar-refractivity contribution >= 4 is 11.8 Å². The summed E-state index contributed by atoms with van der Waals surface area (Å²) in [7, 11) is 0. The first-order valence-corrected chi connectivity index (χ1v) is 6.27. The smallest absolute Gasteiger partial charge is 0.330 e. The van der Waals surface area contributed by atoms with Gasteiger partial charge in [0.05, 0.1) is 12.2 Å². The van der Waals surface area contributed by atoms with E-state index >= 15 is 0 Å². The Bertz CT molecular complexity index is 374. The molecular weight excluding hydrogens is 251 g/mol. The van der Waals surface area contributed by atoms with Crippen LogP contribution in [0.25, 0.3) is 0 Å². The molecule has 0 unspecified atom stereocenters. The van der Waals surface area contributed by atoms with Gasteiger partial charge in [0.25, 0.3) is 0 Å². The van der Waals surface area contributed by atoms with E-state index in [0.717, 1.165) is 17.0 Å². The van der Waals surface area contributed by atoms with Gasteiger partial charge in [0.15, 0.2) is 0 Å². The number of halogens is 3. The summed E-state index contributed by atoms with van der Waals surface area (Å²) in [5.74, 6) is -0.0203. The van der Waals surface area contributed by atoms with Crippen LogP contribution in [-0.2, 0) is 13.0 Å². The van der Waals surface area contributed by atoms with E-state index in [1.54, 1.807) is 4.68 Å². The molecule has 1 rings (SSSR count). The third kappa shape index (κ3) is 4.23. The number of hydrogen-bond acceptors (Lipinski definition) is 3. The number of alkyl halides is 3. The van der Waals surface area contributed by atoms with E-state index in [4.69, 9.17) is 5.73 Å². The molecule has 3 nitrogen and oxygen atoms in total. The van der Waals surface area contributed by atoms with Crippen LogP contribution in [-0.4, -0.2) is 27.6 Å². The molecule has 0 spiro atoms. The van der Waals surface area contributed by atoms with E-state index in [1.165, 1.54) is 0 Å². The predicted octanol–water partition coefficient (Wildman–Crippen LogP) is 2.25. The zero-order valence-electron chi connectivity index (χ0n) is 9.84. The summed E-state index contributed by atoms with van der Waals surface area (Å²) in [6, 6.07) is 0. The SMILES string of the molecule is Cc1nn(CCSC(F)(F)F)c(C)c1CCN. The summed E-state index contributed by atoms with van der Waals surface area (Å²) in [5, 5.41) is 4.23. The van der Waals surface area contributed by atoms with Crippen molar-refractivity contribution in [3.8, 4) is 0 Å². The Kier molecular flexibility index (Phi) is 4.88. The lowest BCUT2D eigenvalue weighted by atomic mass is 10.1. The maximum Gasteiger partial charge on any atom is 0.441 e. The van der Waals surface area contributed by atoms with Gasteiger partial charge in [0.2, 0.25) is 0 Å². The predicted molar refractivity (Wildman–Crippen MR) is 63.0 cm³/mol. The lowest BCUT2D eigenvalue weighted by Crippen LogP contribution is -2.10. The molecule has 7 heteroatoms. The van der Waals surface area contributed by atoms with Gasteiger partial charge in [-0.2, -0.15) is 18.3 Å². The molecule has 0 saturated carbocycles. The number of rotatable bonds is 5. The van der Waals surface area contributed by atoms with Gasteiger partial charge in [-0.05, 0) is 44.1 Å². The second-order valence-corrected chi connectivity index (χ2v) is 4.87. The van der Waals surface area contributed by atoms with E-state index in [0.29, 0.717) is 13.0 Å². The van der Waals surface area contributed by atoms with Crippen molar-refractivity contribution < 1.29 is 13.2 Å². The van der Waals surface area contributed by atoms with E-state index in [2.05, 4.69) is 5.10 Å². The van der Waals surface area contributed by atoms with Crippen molar-refractivity contribution in [1.82, 2.24) is 9.78 Å². The van der Waals surface area contributed by atoms with E-state index in [9.17, 15) is 13.2 Å². The standard InChI is InChI=1S/C10H16F3N3S/c1-7-9(3-4-14)8(2)16(15-7)5-6-17-10(11,12)13/h3-6,14H2,1-2H3. The number of aromatic nitrogens is 2. The first-order chi connectivity index (χ1) is 7.85. The van der Waals surface area contributed by atoms with E-state index in [-0.39, 0.29) is 24.1 Å². The van der Waals surface area contributed by atoms with Gasteiger partial charge in [-0.3, -0.25) is 4.68 Å². The maximum atomic E-state index is 12.0. The molecule has 0 aliphatic heterocycles. The van der Waals surface area contributed by atoms with Crippen LogP contribution in [0.4, 0.5) is 13.2 Å². The van der Waals surface area contributed by atoms with Crippen LogP contribution < -0.4 is 5.73 Å². The summed E-state index contributed by atoms with van der Waals surface area (Å²) in [6.07, 6.45) is 0.712. The molecule has 0 atom stereocenters. The Morgan fingerprint density at radius 2 is 2.00 bits per heavy atom. The topological polar surface area (TPSA) is 43.8 Å². The first kappa shape index (κ1) is 14.4. The highest BCUT2D eigenvalue weighted by Gasteiger charge is 2.27. The summed E-state index contributed by atoms with van der Waals surface area (Å²) in [5.41, 5.74) is 4.11. The maximum absolute atomic E-state index is 12.0. The Labute approximate surface area is 103 Å². The number of nitrogens with two attached hydrogens (primary N) is 1. The number of nitrogens with zero attached hydrogens (tertiary/aromatic N) is 2. The molecule has 0 fully saturated rings. The zero-order chi connectivity index (χ0) is 13.1. The molecule has 98 valence electrons. The summed E-state index contributed by atoms with van der Waals surface area (Å²) >= 11 is -0.0199. The third-order valence-corrected chi connectivity index (χ3v) is 3.21.